The van der Waals surface area contributed by atoms with Crippen molar-refractivity contribution in [1.29, 1.82) is 0 Å². The summed E-state index contributed by atoms with van der Waals surface area (Å²) in [6, 6.07) is 0. The Bertz CT molecular complexity index is 213. The summed E-state index contributed by atoms with van der Waals surface area (Å²) in [5, 5.41) is 10.6. The number of aliphatic hydroxyl groups is 1. The topological polar surface area (TPSA) is 75.3 Å². The molecule has 0 radical (unpaired) electrons. The van der Waals surface area contributed by atoms with Gasteiger partial charge in [-0.3, -0.25) is 4.79 Å². The normalized spacial score (nSPS) is 18.5. The first-order valence-corrected chi connectivity index (χ1v) is 3.91. The zero-order chi connectivity index (χ0) is 11.6. The van der Waals surface area contributed by atoms with E-state index in [4.69, 9.17) is 10.8 Å². The van der Waals surface area contributed by atoms with Crippen LogP contribution in [0.3, 0.4) is 0 Å². The molecule has 0 fully saturated rings. The summed E-state index contributed by atoms with van der Waals surface area (Å²) in [6.45, 7) is 1.65. The third-order valence-electron chi connectivity index (χ3n) is 1.62. The van der Waals surface area contributed by atoms with E-state index in [2.05, 4.69) is 0 Å². The van der Waals surface area contributed by atoms with Gasteiger partial charge in [-0.15, -0.1) is 0 Å². The van der Waals surface area contributed by atoms with Gasteiger partial charge in [0.1, 0.15) is 0 Å². The number of nitrogens with one attached hydrogen (secondary N) is 1. The Balaban J connectivity index is 4.38. The maximum atomic E-state index is 12.2. The van der Waals surface area contributed by atoms with Gasteiger partial charge in [0.2, 0.25) is 5.91 Å². The number of alkyl halides is 3. The van der Waals surface area contributed by atoms with Crippen LogP contribution in [0.2, 0.25) is 0 Å². The van der Waals surface area contributed by atoms with Gasteiger partial charge in [0.15, 0.2) is 5.54 Å². The summed E-state index contributed by atoms with van der Waals surface area (Å²) in [7, 11) is 0. The van der Waals surface area contributed by atoms with Gasteiger partial charge in [-0.1, -0.05) is 0 Å². The van der Waals surface area contributed by atoms with Gasteiger partial charge in [0.25, 0.3) is 0 Å². The number of carbonyl (C=O) groups excluding carboxylic acids is 1. The van der Waals surface area contributed by atoms with Crippen molar-refractivity contribution < 1.29 is 23.1 Å². The number of aliphatic hydroxyl groups excluding tert-OH is 1. The number of amides is 1. The minimum atomic E-state index is -4.81. The van der Waals surface area contributed by atoms with Crippen LogP contribution < -0.4 is 11.1 Å². The fourth-order valence-corrected chi connectivity index (χ4v) is 0.553. The Hall–Kier alpha value is -0.820. The van der Waals surface area contributed by atoms with Crippen LogP contribution in [-0.4, -0.2) is 35.4 Å². The molecule has 0 aromatic carbocycles. The average Bonchev–Trinajstić information content (AvgIpc) is 1.97. The first kappa shape index (κ1) is 13.2. The summed E-state index contributed by atoms with van der Waals surface area (Å²) < 4.78 is 36.5. The first-order valence-electron chi connectivity index (χ1n) is 3.91. The van der Waals surface area contributed by atoms with E-state index in [0.29, 0.717) is 6.92 Å². The van der Waals surface area contributed by atoms with Crippen molar-refractivity contribution in [2.45, 2.75) is 31.7 Å². The third-order valence-corrected chi connectivity index (χ3v) is 1.62. The Morgan fingerprint density at radius 1 is 1.57 bits per heavy atom. The molecule has 0 saturated heterocycles. The number of hydrogen-bond donors (Lipinski definition) is 3. The van der Waals surface area contributed by atoms with E-state index in [1.807, 2.05) is 5.32 Å². The maximum absolute atomic E-state index is 12.2. The maximum Gasteiger partial charge on any atom is 0.415 e. The molecule has 0 spiro atoms. The van der Waals surface area contributed by atoms with Crippen LogP contribution in [-0.2, 0) is 4.79 Å². The van der Waals surface area contributed by atoms with E-state index < -0.39 is 23.7 Å². The molecule has 14 heavy (non-hydrogen) atoms. The van der Waals surface area contributed by atoms with Crippen molar-refractivity contribution in [1.82, 2.24) is 5.32 Å². The van der Waals surface area contributed by atoms with Gasteiger partial charge in [0.05, 0.1) is 6.10 Å². The van der Waals surface area contributed by atoms with Crippen LogP contribution in [0.4, 0.5) is 13.2 Å². The van der Waals surface area contributed by atoms with Crippen LogP contribution in [0.15, 0.2) is 0 Å². The van der Waals surface area contributed by atoms with Crippen LogP contribution in [0.1, 0.15) is 13.8 Å². The van der Waals surface area contributed by atoms with Crippen LogP contribution in [0.25, 0.3) is 0 Å². The lowest BCUT2D eigenvalue weighted by molar-refractivity contribution is -0.187. The molecule has 4 nitrogen and oxygen atoms in total. The largest absolute Gasteiger partial charge is 0.415 e. The minimum absolute atomic E-state index is 0.262. The molecule has 84 valence electrons. The quantitative estimate of drug-likeness (QED) is 0.607. The van der Waals surface area contributed by atoms with E-state index in [-0.39, 0.29) is 6.54 Å². The van der Waals surface area contributed by atoms with E-state index >= 15 is 0 Å². The lowest BCUT2D eigenvalue weighted by Crippen LogP contribution is -2.61. The molecule has 0 heterocycles. The van der Waals surface area contributed by atoms with Crippen LogP contribution >= 0.6 is 0 Å². The van der Waals surface area contributed by atoms with Gasteiger partial charge in [-0.2, -0.15) is 13.2 Å². The SMILES string of the molecule is C[C@H](O)CNC(=O)C(C)(N)C(F)(F)F. The number of halogens is 3. The summed E-state index contributed by atoms with van der Waals surface area (Å²) >= 11 is 0. The van der Waals surface area contributed by atoms with Crippen molar-refractivity contribution in [3.8, 4) is 0 Å². The lowest BCUT2D eigenvalue weighted by Gasteiger charge is -2.26. The second-order valence-corrected chi connectivity index (χ2v) is 3.26. The monoisotopic (exact) mass is 214 g/mol. The molecule has 4 N–H and O–H groups in total. The van der Waals surface area contributed by atoms with Gasteiger partial charge in [0, 0.05) is 6.54 Å². The molecule has 2 atom stereocenters. The first-order chi connectivity index (χ1) is 6.09. The second-order valence-electron chi connectivity index (χ2n) is 3.26. The number of rotatable bonds is 3. The highest BCUT2D eigenvalue weighted by molar-refractivity contribution is 5.86. The molecule has 0 aromatic rings. The predicted molar refractivity (Wildman–Crippen MR) is 43.3 cm³/mol. The molecule has 0 saturated carbocycles. The zero-order valence-corrected chi connectivity index (χ0v) is 7.85. The van der Waals surface area contributed by atoms with Crippen molar-refractivity contribution >= 4 is 5.91 Å². The molecule has 0 rings (SSSR count). The van der Waals surface area contributed by atoms with Crippen LogP contribution in [0.5, 0.6) is 0 Å². The summed E-state index contributed by atoms with van der Waals surface area (Å²) in [4.78, 5) is 10.9. The summed E-state index contributed by atoms with van der Waals surface area (Å²) in [5.41, 5.74) is 1.88. The van der Waals surface area contributed by atoms with Gasteiger partial charge < -0.3 is 16.2 Å². The number of carbonyl (C=O) groups is 1. The molecule has 0 aliphatic carbocycles. The highest BCUT2D eigenvalue weighted by atomic mass is 19.4. The number of nitrogens with two attached hydrogens (primary N) is 1. The van der Waals surface area contributed by atoms with Crippen molar-refractivity contribution in [3.63, 3.8) is 0 Å². The smallest absolute Gasteiger partial charge is 0.392 e. The number of hydrogen-bond acceptors (Lipinski definition) is 3. The predicted octanol–water partition coefficient (Wildman–Crippen LogP) is -0.237. The van der Waals surface area contributed by atoms with Gasteiger partial charge in [-0.25, -0.2) is 0 Å². The van der Waals surface area contributed by atoms with E-state index in [0.717, 1.165) is 0 Å². The molecule has 0 aliphatic rings. The van der Waals surface area contributed by atoms with Crippen molar-refractivity contribution in [2.24, 2.45) is 5.73 Å². The minimum Gasteiger partial charge on any atom is -0.392 e. The Morgan fingerprint density at radius 3 is 2.29 bits per heavy atom. The molecular weight excluding hydrogens is 201 g/mol. The van der Waals surface area contributed by atoms with E-state index in [1.165, 1.54) is 6.92 Å². The average molecular weight is 214 g/mol. The molecule has 7 heteroatoms. The Labute approximate surface area is 79.3 Å². The lowest BCUT2D eigenvalue weighted by atomic mass is 10.0. The second kappa shape index (κ2) is 4.14. The zero-order valence-electron chi connectivity index (χ0n) is 7.85. The fraction of sp³-hybridized carbons (Fsp3) is 0.857. The van der Waals surface area contributed by atoms with Gasteiger partial charge >= 0.3 is 6.18 Å². The van der Waals surface area contributed by atoms with Crippen molar-refractivity contribution in [3.05, 3.63) is 0 Å². The van der Waals surface area contributed by atoms with E-state index in [1.54, 1.807) is 0 Å². The standard InChI is InChI=1S/C7H13F3N2O2/c1-4(13)3-12-5(14)6(2,11)7(8,9)10/h4,13H,3,11H2,1-2H3,(H,12,14)/t4-,6?/m0/s1. The fourth-order valence-electron chi connectivity index (χ4n) is 0.553. The Kier molecular flexibility index (Phi) is 3.90. The molecule has 1 amide bonds. The summed E-state index contributed by atoms with van der Waals surface area (Å²) in [6.07, 6.45) is -5.72. The van der Waals surface area contributed by atoms with Gasteiger partial charge in [-0.05, 0) is 13.8 Å². The highest BCUT2D eigenvalue weighted by Crippen LogP contribution is 2.27. The third kappa shape index (κ3) is 3.15. The molecule has 0 aromatic heterocycles. The molecule has 0 bridgehead atoms. The molecule has 0 aliphatic heterocycles. The highest BCUT2D eigenvalue weighted by Gasteiger charge is 2.53. The Morgan fingerprint density at radius 2 is 2.00 bits per heavy atom. The van der Waals surface area contributed by atoms with E-state index in [9.17, 15) is 18.0 Å². The molecular formula is C7H13F3N2O2. The van der Waals surface area contributed by atoms with Crippen LogP contribution in [0, 0.1) is 0 Å². The van der Waals surface area contributed by atoms with Crippen molar-refractivity contribution in [2.75, 3.05) is 6.54 Å². The molecule has 1 unspecified atom stereocenters. The summed E-state index contributed by atoms with van der Waals surface area (Å²) in [5.74, 6) is -1.36.